The molecule has 4 nitrogen and oxygen atoms in total. The summed E-state index contributed by atoms with van der Waals surface area (Å²) < 4.78 is 0. The average molecular weight is 283 g/mol. The third-order valence-corrected chi connectivity index (χ3v) is 4.14. The predicted molar refractivity (Wildman–Crippen MR) is 83.0 cm³/mol. The molecule has 1 N–H and O–H groups in total. The van der Waals surface area contributed by atoms with Crippen molar-refractivity contribution in [2.24, 2.45) is 0 Å². The number of hydrogen-bond acceptors (Lipinski definition) is 3. The lowest BCUT2D eigenvalue weighted by Gasteiger charge is -2.22. The smallest absolute Gasteiger partial charge is 0.226 e. The van der Waals surface area contributed by atoms with Gasteiger partial charge in [0.15, 0.2) is 0 Å². The Bertz CT molecular complexity index is 648. The highest BCUT2D eigenvalue weighted by molar-refractivity contribution is 5.80. The summed E-state index contributed by atoms with van der Waals surface area (Å²) in [4.78, 5) is 21.3. The predicted octanol–water partition coefficient (Wildman–Crippen LogP) is 2.93. The highest BCUT2D eigenvalue weighted by Crippen LogP contribution is 2.18. The molecule has 0 spiro atoms. The molecular formula is C17H21N3O. The number of aryl methyl sites for hydroxylation is 1. The van der Waals surface area contributed by atoms with E-state index in [1.807, 2.05) is 31.2 Å². The van der Waals surface area contributed by atoms with E-state index in [0.717, 1.165) is 35.3 Å². The van der Waals surface area contributed by atoms with Crippen molar-refractivity contribution < 1.29 is 4.79 Å². The number of benzene rings is 1. The van der Waals surface area contributed by atoms with Crippen LogP contribution in [0, 0.1) is 6.92 Å². The molecule has 1 aliphatic rings. The van der Waals surface area contributed by atoms with Crippen LogP contribution in [0.4, 0.5) is 0 Å². The number of para-hydroxylation sites is 2. The van der Waals surface area contributed by atoms with Gasteiger partial charge in [0, 0.05) is 6.04 Å². The third kappa shape index (κ3) is 3.38. The molecule has 0 aliphatic heterocycles. The molecule has 1 amide bonds. The Morgan fingerprint density at radius 3 is 2.52 bits per heavy atom. The number of nitrogens with one attached hydrogen (secondary N) is 1. The molecular weight excluding hydrogens is 262 g/mol. The van der Waals surface area contributed by atoms with E-state index >= 15 is 0 Å². The Morgan fingerprint density at radius 2 is 1.81 bits per heavy atom. The van der Waals surface area contributed by atoms with Gasteiger partial charge >= 0.3 is 0 Å². The van der Waals surface area contributed by atoms with Gasteiger partial charge in [0.1, 0.15) is 0 Å². The van der Waals surface area contributed by atoms with Crippen molar-refractivity contribution in [3.05, 3.63) is 35.7 Å². The number of carbonyl (C=O) groups excluding carboxylic acids is 1. The third-order valence-electron chi connectivity index (χ3n) is 4.14. The molecule has 1 aliphatic carbocycles. The number of nitrogens with zero attached hydrogens (tertiary/aromatic N) is 2. The molecule has 1 fully saturated rings. The Hall–Kier alpha value is -1.97. The zero-order chi connectivity index (χ0) is 14.7. The lowest BCUT2D eigenvalue weighted by molar-refractivity contribution is -0.121. The maximum absolute atomic E-state index is 12.2. The molecule has 3 rings (SSSR count). The van der Waals surface area contributed by atoms with E-state index in [-0.39, 0.29) is 5.91 Å². The monoisotopic (exact) mass is 283 g/mol. The van der Waals surface area contributed by atoms with Crippen LogP contribution in [0.3, 0.4) is 0 Å². The number of aromatic nitrogens is 2. The maximum atomic E-state index is 12.2. The van der Waals surface area contributed by atoms with Crippen molar-refractivity contribution in [2.45, 2.75) is 51.5 Å². The Morgan fingerprint density at radius 1 is 1.14 bits per heavy atom. The fraction of sp³-hybridized carbons (Fsp3) is 0.471. The van der Waals surface area contributed by atoms with Crippen LogP contribution in [-0.4, -0.2) is 21.9 Å². The number of carbonyl (C=O) groups is 1. The summed E-state index contributed by atoms with van der Waals surface area (Å²) >= 11 is 0. The van der Waals surface area contributed by atoms with Gasteiger partial charge in [0.05, 0.1) is 28.8 Å². The minimum atomic E-state index is 0.0644. The molecule has 0 atom stereocenters. The van der Waals surface area contributed by atoms with E-state index in [9.17, 15) is 4.79 Å². The summed E-state index contributed by atoms with van der Waals surface area (Å²) in [6.45, 7) is 1.92. The van der Waals surface area contributed by atoms with Gasteiger partial charge in [0.25, 0.3) is 0 Å². The molecule has 1 heterocycles. The first-order valence-corrected chi connectivity index (χ1v) is 7.74. The van der Waals surface area contributed by atoms with Crippen LogP contribution < -0.4 is 5.32 Å². The van der Waals surface area contributed by atoms with Gasteiger partial charge in [-0.25, -0.2) is 9.97 Å². The lowest BCUT2D eigenvalue weighted by atomic mass is 9.95. The van der Waals surface area contributed by atoms with Crippen LogP contribution in [0.2, 0.25) is 0 Å². The topological polar surface area (TPSA) is 54.9 Å². The number of amides is 1. The van der Waals surface area contributed by atoms with Gasteiger partial charge in [-0.2, -0.15) is 0 Å². The van der Waals surface area contributed by atoms with Crippen molar-refractivity contribution in [1.82, 2.24) is 15.3 Å². The minimum absolute atomic E-state index is 0.0644. The fourth-order valence-corrected chi connectivity index (χ4v) is 2.97. The zero-order valence-corrected chi connectivity index (χ0v) is 12.4. The van der Waals surface area contributed by atoms with Gasteiger partial charge in [0.2, 0.25) is 5.91 Å². The molecule has 0 saturated heterocycles. The number of rotatable bonds is 3. The Kier molecular flexibility index (Phi) is 4.13. The van der Waals surface area contributed by atoms with E-state index in [1.54, 1.807) is 0 Å². The van der Waals surface area contributed by atoms with E-state index < -0.39 is 0 Å². The molecule has 1 aromatic carbocycles. The molecule has 110 valence electrons. The molecule has 4 heteroatoms. The van der Waals surface area contributed by atoms with Crippen LogP contribution in [0.15, 0.2) is 24.3 Å². The summed E-state index contributed by atoms with van der Waals surface area (Å²) in [6, 6.07) is 8.12. The van der Waals surface area contributed by atoms with Crippen LogP contribution in [0.25, 0.3) is 11.0 Å². The Labute approximate surface area is 125 Å². The Balaban J connectivity index is 1.71. The summed E-state index contributed by atoms with van der Waals surface area (Å²) in [5.74, 6) is 0.0644. The number of fused-ring (bicyclic) bond motifs is 1. The van der Waals surface area contributed by atoms with E-state index in [0.29, 0.717) is 12.5 Å². The van der Waals surface area contributed by atoms with Crippen LogP contribution in [-0.2, 0) is 11.2 Å². The second-order valence-corrected chi connectivity index (χ2v) is 5.82. The highest BCUT2D eigenvalue weighted by Gasteiger charge is 2.17. The maximum Gasteiger partial charge on any atom is 0.226 e. The van der Waals surface area contributed by atoms with Crippen molar-refractivity contribution in [3.8, 4) is 0 Å². The highest BCUT2D eigenvalue weighted by atomic mass is 16.1. The van der Waals surface area contributed by atoms with Crippen molar-refractivity contribution >= 4 is 16.9 Å². The molecule has 0 radical (unpaired) electrons. The van der Waals surface area contributed by atoms with Crippen LogP contribution in [0.1, 0.15) is 43.5 Å². The standard InChI is InChI=1S/C17H21N3O/c1-12-16(20-15-10-6-5-9-14(15)18-12)11-17(21)19-13-7-3-2-4-8-13/h5-6,9-10,13H,2-4,7-8,11H2,1H3,(H,19,21). The van der Waals surface area contributed by atoms with E-state index in [1.165, 1.54) is 19.3 Å². The number of hydrogen-bond donors (Lipinski definition) is 1. The molecule has 21 heavy (non-hydrogen) atoms. The largest absolute Gasteiger partial charge is 0.353 e. The minimum Gasteiger partial charge on any atom is -0.353 e. The summed E-state index contributed by atoms with van der Waals surface area (Å²) in [6.07, 6.45) is 6.27. The van der Waals surface area contributed by atoms with E-state index in [4.69, 9.17) is 0 Å². The van der Waals surface area contributed by atoms with Gasteiger partial charge < -0.3 is 5.32 Å². The molecule has 0 unspecified atom stereocenters. The van der Waals surface area contributed by atoms with Crippen LogP contribution in [0.5, 0.6) is 0 Å². The van der Waals surface area contributed by atoms with Gasteiger partial charge in [-0.05, 0) is 31.9 Å². The lowest BCUT2D eigenvalue weighted by Crippen LogP contribution is -2.37. The van der Waals surface area contributed by atoms with Gasteiger partial charge in [-0.3, -0.25) is 4.79 Å². The van der Waals surface area contributed by atoms with Crippen molar-refractivity contribution in [3.63, 3.8) is 0 Å². The normalized spacial score (nSPS) is 16.0. The first-order valence-electron chi connectivity index (χ1n) is 7.74. The molecule has 2 aromatic rings. The van der Waals surface area contributed by atoms with Crippen LogP contribution >= 0.6 is 0 Å². The molecule has 1 saturated carbocycles. The van der Waals surface area contributed by atoms with Crippen molar-refractivity contribution in [1.29, 1.82) is 0 Å². The quantitative estimate of drug-likeness (QED) is 0.942. The molecule has 1 aromatic heterocycles. The first-order chi connectivity index (χ1) is 10.2. The SMILES string of the molecule is Cc1nc2ccccc2nc1CC(=O)NC1CCCCC1. The zero-order valence-electron chi connectivity index (χ0n) is 12.4. The summed E-state index contributed by atoms with van der Waals surface area (Å²) in [5.41, 5.74) is 3.35. The fourth-order valence-electron chi connectivity index (χ4n) is 2.97. The van der Waals surface area contributed by atoms with Gasteiger partial charge in [-0.15, -0.1) is 0 Å². The summed E-state index contributed by atoms with van der Waals surface area (Å²) in [7, 11) is 0. The first kappa shape index (κ1) is 14.0. The summed E-state index contributed by atoms with van der Waals surface area (Å²) in [5, 5.41) is 3.14. The second-order valence-electron chi connectivity index (χ2n) is 5.82. The second kappa shape index (κ2) is 6.20. The van der Waals surface area contributed by atoms with E-state index in [2.05, 4.69) is 15.3 Å². The average Bonchev–Trinajstić information content (AvgIpc) is 2.49. The van der Waals surface area contributed by atoms with Crippen molar-refractivity contribution in [2.75, 3.05) is 0 Å². The molecule has 0 bridgehead atoms. The van der Waals surface area contributed by atoms with Gasteiger partial charge in [-0.1, -0.05) is 31.4 Å².